The van der Waals surface area contributed by atoms with E-state index in [1.54, 1.807) is 4.52 Å². The summed E-state index contributed by atoms with van der Waals surface area (Å²) in [6.07, 6.45) is 1.89. The average Bonchev–Trinajstić information content (AvgIpc) is 2.92. The Morgan fingerprint density at radius 2 is 2.26 bits per heavy atom. The normalized spacial score (nSPS) is 11.1. The van der Waals surface area contributed by atoms with Crippen molar-refractivity contribution >= 4 is 38.9 Å². The molecule has 0 bridgehead atoms. The number of pyridine rings is 1. The zero-order valence-electron chi connectivity index (χ0n) is 10.6. The molecule has 3 aromatic heterocycles. The number of hydrogen-bond donors (Lipinski definition) is 1. The van der Waals surface area contributed by atoms with Crippen LogP contribution in [-0.4, -0.2) is 14.6 Å². The van der Waals surface area contributed by atoms with Crippen LogP contribution in [0.2, 0.25) is 0 Å². The minimum absolute atomic E-state index is 0.649. The molecule has 0 amide bonds. The molecule has 0 saturated carbocycles. The number of fused-ring (bicyclic) bond motifs is 1. The number of halogens is 1. The summed E-state index contributed by atoms with van der Waals surface area (Å²) in [6.45, 7) is 5.03. The molecule has 98 valence electrons. The summed E-state index contributed by atoms with van der Waals surface area (Å²) in [6, 6.07) is 6.10. The SMILES string of the molecule is Cc1cc(CNc2nc3c(Br)cccn3n2)sc1C. The van der Waals surface area contributed by atoms with Gasteiger partial charge in [0, 0.05) is 16.0 Å². The van der Waals surface area contributed by atoms with Crippen molar-refractivity contribution in [2.24, 2.45) is 0 Å². The van der Waals surface area contributed by atoms with Gasteiger partial charge in [0.25, 0.3) is 0 Å². The highest BCUT2D eigenvalue weighted by molar-refractivity contribution is 9.10. The van der Waals surface area contributed by atoms with Crippen molar-refractivity contribution in [3.8, 4) is 0 Å². The van der Waals surface area contributed by atoms with Crippen LogP contribution >= 0.6 is 27.3 Å². The zero-order chi connectivity index (χ0) is 13.4. The average molecular weight is 337 g/mol. The second-order valence-corrected chi connectivity index (χ2v) is 6.56. The van der Waals surface area contributed by atoms with Crippen LogP contribution in [0.5, 0.6) is 0 Å². The molecular weight excluding hydrogens is 324 g/mol. The van der Waals surface area contributed by atoms with Crippen molar-refractivity contribution < 1.29 is 0 Å². The van der Waals surface area contributed by atoms with Crippen molar-refractivity contribution in [3.05, 3.63) is 44.2 Å². The molecule has 0 unspecified atom stereocenters. The molecule has 0 radical (unpaired) electrons. The van der Waals surface area contributed by atoms with E-state index in [2.05, 4.69) is 51.2 Å². The van der Waals surface area contributed by atoms with Crippen molar-refractivity contribution in [2.45, 2.75) is 20.4 Å². The number of nitrogens with one attached hydrogen (secondary N) is 1. The molecule has 4 nitrogen and oxygen atoms in total. The van der Waals surface area contributed by atoms with Crippen LogP contribution in [0.4, 0.5) is 5.95 Å². The summed E-state index contributed by atoms with van der Waals surface area (Å²) in [5.41, 5.74) is 2.16. The molecule has 3 aromatic rings. The highest BCUT2D eigenvalue weighted by atomic mass is 79.9. The van der Waals surface area contributed by atoms with Crippen molar-refractivity contribution in [2.75, 3.05) is 5.32 Å². The fourth-order valence-electron chi connectivity index (χ4n) is 1.85. The Morgan fingerprint density at radius 3 is 2.95 bits per heavy atom. The van der Waals surface area contributed by atoms with Gasteiger partial charge in [-0.25, -0.2) is 4.52 Å². The maximum Gasteiger partial charge on any atom is 0.243 e. The van der Waals surface area contributed by atoms with Gasteiger partial charge in [0.1, 0.15) is 0 Å². The summed E-state index contributed by atoms with van der Waals surface area (Å²) < 4.78 is 2.70. The molecule has 6 heteroatoms. The van der Waals surface area contributed by atoms with Crippen LogP contribution in [0.25, 0.3) is 5.65 Å². The molecule has 0 aliphatic heterocycles. The summed E-state index contributed by atoms with van der Waals surface area (Å²) in [4.78, 5) is 7.12. The van der Waals surface area contributed by atoms with Crippen LogP contribution in [-0.2, 0) is 6.54 Å². The van der Waals surface area contributed by atoms with Gasteiger partial charge in [-0.2, -0.15) is 4.98 Å². The first-order chi connectivity index (χ1) is 9.13. The van der Waals surface area contributed by atoms with E-state index in [-0.39, 0.29) is 0 Å². The monoisotopic (exact) mass is 336 g/mol. The van der Waals surface area contributed by atoms with Crippen molar-refractivity contribution in [1.29, 1.82) is 0 Å². The maximum atomic E-state index is 4.46. The predicted octanol–water partition coefficient (Wildman–Crippen LogP) is 3.78. The largest absolute Gasteiger partial charge is 0.348 e. The molecule has 19 heavy (non-hydrogen) atoms. The van der Waals surface area contributed by atoms with E-state index in [0.29, 0.717) is 5.95 Å². The van der Waals surface area contributed by atoms with E-state index in [0.717, 1.165) is 16.7 Å². The minimum Gasteiger partial charge on any atom is -0.348 e. The van der Waals surface area contributed by atoms with Gasteiger partial charge in [0.2, 0.25) is 5.95 Å². The lowest BCUT2D eigenvalue weighted by Crippen LogP contribution is -1.99. The van der Waals surface area contributed by atoms with Crippen LogP contribution in [0.15, 0.2) is 28.9 Å². The molecule has 0 aromatic carbocycles. The lowest BCUT2D eigenvalue weighted by molar-refractivity contribution is 0.950. The number of hydrogen-bond acceptors (Lipinski definition) is 4. The molecule has 0 atom stereocenters. The third-order valence-electron chi connectivity index (χ3n) is 2.95. The summed E-state index contributed by atoms with van der Waals surface area (Å²) in [7, 11) is 0. The molecule has 1 N–H and O–H groups in total. The number of rotatable bonds is 3. The Bertz CT molecular complexity index is 712. The molecule has 0 fully saturated rings. The van der Waals surface area contributed by atoms with E-state index in [9.17, 15) is 0 Å². The van der Waals surface area contributed by atoms with Gasteiger partial charge in [-0.15, -0.1) is 16.4 Å². The van der Waals surface area contributed by atoms with Gasteiger partial charge >= 0.3 is 0 Å². The van der Waals surface area contributed by atoms with Gasteiger partial charge in [-0.1, -0.05) is 0 Å². The Labute approximate surface area is 123 Å². The third kappa shape index (κ3) is 2.50. The smallest absolute Gasteiger partial charge is 0.243 e. The maximum absolute atomic E-state index is 4.46. The highest BCUT2D eigenvalue weighted by Crippen LogP contribution is 2.22. The van der Waals surface area contributed by atoms with Crippen LogP contribution < -0.4 is 5.32 Å². The highest BCUT2D eigenvalue weighted by Gasteiger charge is 2.07. The molecule has 3 rings (SSSR count). The van der Waals surface area contributed by atoms with E-state index in [1.807, 2.05) is 29.7 Å². The van der Waals surface area contributed by atoms with Gasteiger partial charge in [-0.05, 0) is 53.5 Å². The molecule has 0 saturated heterocycles. The second-order valence-electron chi connectivity index (χ2n) is 4.37. The quantitative estimate of drug-likeness (QED) is 0.791. The van der Waals surface area contributed by atoms with Crippen molar-refractivity contribution in [1.82, 2.24) is 14.6 Å². The predicted molar refractivity (Wildman–Crippen MR) is 81.8 cm³/mol. The molecule has 0 aliphatic rings. The topological polar surface area (TPSA) is 42.2 Å². The van der Waals surface area contributed by atoms with E-state index >= 15 is 0 Å². The lowest BCUT2D eigenvalue weighted by Gasteiger charge is -1.97. The summed E-state index contributed by atoms with van der Waals surface area (Å²) in [5.74, 6) is 0.649. The first-order valence-electron chi connectivity index (χ1n) is 5.94. The lowest BCUT2D eigenvalue weighted by atomic mass is 10.3. The van der Waals surface area contributed by atoms with Gasteiger partial charge in [0.05, 0.1) is 11.0 Å². The first kappa shape index (κ1) is 12.6. The zero-order valence-corrected chi connectivity index (χ0v) is 13.0. The number of aryl methyl sites for hydroxylation is 2. The van der Waals surface area contributed by atoms with E-state index in [4.69, 9.17) is 0 Å². The standard InChI is InChI=1S/C13H13BrN4S/c1-8-6-10(19-9(8)2)7-15-13-16-12-11(14)4-3-5-18(12)17-13/h3-6H,7H2,1-2H3,(H,15,17). The third-order valence-corrected chi connectivity index (χ3v) is 4.72. The number of aromatic nitrogens is 3. The molecule has 3 heterocycles. The number of nitrogens with zero attached hydrogens (tertiary/aromatic N) is 3. The Morgan fingerprint density at radius 1 is 1.42 bits per heavy atom. The molecule has 0 aliphatic carbocycles. The molecule has 0 spiro atoms. The number of thiophene rings is 1. The van der Waals surface area contributed by atoms with E-state index in [1.165, 1.54) is 15.3 Å². The molecular formula is C13H13BrN4S. The van der Waals surface area contributed by atoms with Crippen LogP contribution in [0, 0.1) is 13.8 Å². The van der Waals surface area contributed by atoms with Gasteiger partial charge in [0.15, 0.2) is 5.65 Å². The van der Waals surface area contributed by atoms with Gasteiger partial charge < -0.3 is 5.32 Å². The Kier molecular flexibility index (Phi) is 3.28. The van der Waals surface area contributed by atoms with Crippen LogP contribution in [0.1, 0.15) is 15.3 Å². The fraction of sp³-hybridized carbons (Fsp3) is 0.231. The van der Waals surface area contributed by atoms with Crippen molar-refractivity contribution in [3.63, 3.8) is 0 Å². The summed E-state index contributed by atoms with van der Waals surface area (Å²) in [5, 5.41) is 7.65. The minimum atomic E-state index is 0.649. The number of anilines is 1. The van der Waals surface area contributed by atoms with Gasteiger partial charge in [-0.3, -0.25) is 0 Å². The second kappa shape index (κ2) is 4.94. The van der Waals surface area contributed by atoms with E-state index < -0.39 is 0 Å². The summed E-state index contributed by atoms with van der Waals surface area (Å²) >= 11 is 5.28. The first-order valence-corrected chi connectivity index (χ1v) is 7.55. The Balaban J connectivity index is 1.80. The Hall–Kier alpha value is -1.40. The van der Waals surface area contributed by atoms with Crippen LogP contribution in [0.3, 0.4) is 0 Å². The fourth-order valence-corrected chi connectivity index (χ4v) is 3.27.